The lowest BCUT2D eigenvalue weighted by Crippen LogP contribution is -2.43. The van der Waals surface area contributed by atoms with Crippen LogP contribution in [0.2, 0.25) is 0 Å². The van der Waals surface area contributed by atoms with E-state index in [1.807, 2.05) is 42.5 Å². The molecule has 0 aliphatic rings. The van der Waals surface area contributed by atoms with E-state index < -0.39 is 25.2 Å². The zero-order valence-electron chi connectivity index (χ0n) is 25.0. The van der Waals surface area contributed by atoms with Gasteiger partial charge in [0.1, 0.15) is 29.2 Å². The smallest absolute Gasteiger partial charge is 0.328 e. The third kappa shape index (κ3) is 7.57. The highest BCUT2D eigenvalue weighted by molar-refractivity contribution is 7.95. The lowest BCUT2D eigenvalue weighted by molar-refractivity contribution is -0.149. The maximum atomic E-state index is 13.5. The predicted octanol–water partition coefficient (Wildman–Crippen LogP) is 5.53. The van der Waals surface area contributed by atoms with Crippen molar-refractivity contribution in [3.8, 4) is 0 Å². The summed E-state index contributed by atoms with van der Waals surface area (Å²) in [4.78, 5) is 39.6. The van der Waals surface area contributed by atoms with Crippen LogP contribution in [0.3, 0.4) is 0 Å². The molecule has 0 fully saturated rings. The fourth-order valence-corrected chi connectivity index (χ4v) is 9.58. The summed E-state index contributed by atoms with van der Waals surface area (Å²) in [5, 5.41) is 3.85. The van der Waals surface area contributed by atoms with Gasteiger partial charge in [0.05, 0.1) is 19.4 Å². The van der Waals surface area contributed by atoms with Crippen molar-refractivity contribution in [1.29, 1.82) is 0 Å². The minimum Gasteiger partial charge on any atom is -0.466 e. The lowest BCUT2D eigenvalue weighted by atomic mass is 10.1. The lowest BCUT2D eigenvalue weighted by Gasteiger charge is -2.28. The largest absolute Gasteiger partial charge is 0.466 e. The van der Waals surface area contributed by atoms with Gasteiger partial charge in [-0.3, -0.25) is 9.59 Å². The van der Waals surface area contributed by atoms with E-state index in [1.54, 1.807) is 20.9 Å². The highest BCUT2D eigenvalue weighted by Gasteiger charge is 2.45. The molecule has 4 rings (SSSR count). The highest BCUT2D eigenvalue weighted by atomic mass is 31.2. The van der Waals surface area contributed by atoms with Gasteiger partial charge in [0, 0.05) is 19.0 Å². The molecule has 4 aromatic rings. The zero-order valence-corrected chi connectivity index (χ0v) is 25.9. The van der Waals surface area contributed by atoms with Crippen molar-refractivity contribution in [2.45, 2.75) is 38.9 Å². The number of esters is 2. The van der Waals surface area contributed by atoms with Crippen LogP contribution >= 0.6 is 7.26 Å². The summed E-state index contributed by atoms with van der Waals surface area (Å²) in [6.45, 7) is 3.88. The second kappa shape index (κ2) is 15.3. The SMILES string of the molecule is CCOC(=O)CCC(C(=O)OCC)N(C)C(=O)c1ccc(C[P+](c2ccccc2)(c2ccccc2)c2ccccc2)cc1. The van der Waals surface area contributed by atoms with Gasteiger partial charge in [-0.05, 0) is 74.4 Å². The second-order valence-electron chi connectivity index (χ2n) is 10.2. The van der Waals surface area contributed by atoms with Crippen molar-refractivity contribution in [3.05, 3.63) is 126 Å². The van der Waals surface area contributed by atoms with Gasteiger partial charge >= 0.3 is 11.9 Å². The molecule has 0 saturated heterocycles. The monoisotopic (exact) mass is 596 g/mol. The molecule has 222 valence electrons. The first-order valence-electron chi connectivity index (χ1n) is 14.6. The number of carbonyl (C=O) groups excluding carboxylic acids is 3. The fraction of sp³-hybridized carbons (Fsp3) is 0.250. The quantitative estimate of drug-likeness (QED) is 0.150. The van der Waals surface area contributed by atoms with E-state index in [0.717, 1.165) is 11.7 Å². The van der Waals surface area contributed by atoms with Crippen LogP contribution in [-0.4, -0.2) is 49.0 Å². The Morgan fingerprint density at radius 2 is 1.14 bits per heavy atom. The van der Waals surface area contributed by atoms with Gasteiger partial charge in [0.2, 0.25) is 0 Å². The Balaban J connectivity index is 1.65. The van der Waals surface area contributed by atoms with Crippen molar-refractivity contribution in [3.63, 3.8) is 0 Å². The average molecular weight is 597 g/mol. The van der Waals surface area contributed by atoms with E-state index in [-0.39, 0.29) is 32.0 Å². The Morgan fingerprint density at radius 3 is 1.58 bits per heavy atom. The summed E-state index contributed by atoms with van der Waals surface area (Å²) >= 11 is 0. The summed E-state index contributed by atoms with van der Waals surface area (Å²) in [6.07, 6.45) is 0.911. The highest BCUT2D eigenvalue weighted by Crippen LogP contribution is 2.58. The molecule has 0 saturated carbocycles. The van der Waals surface area contributed by atoms with Crippen LogP contribution < -0.4 is 15.9 Å². The van der Waals surface area contributed by atoms with Crippen molar-refractivity contribution in [1.82, 2.24) is 4.90 Å². The Morgan fingerprint density at radius 1 is 0.674 bits per heavy atom. The molecule has 0 bridgehead atoms. The Hall–Kier alpha value is -4.28. The van der Waals surface area contributed by atoms with E-state index in [4.69, 9.17) is 9.47 Å². The van der Waals surface area contributed by atoms with Crippen LogP contribution in [-0.2, 0) is 25.2 Å². The maximum Gasteiger partial charge on any atom is 0.328 e. The van der Waals surface area contributed by atoms with Gasteiger partial charge in [0.15, 0.2) is 0 Å². The molecule has 0 spiro atoms. The summed E-state index contributed by atoms with van der Waals surface area (Å²) in [5.41, 5.74) is 1.56. The van der Waals surface area contributed by atoms with E-state index in [1.165, 1.54) is 20.8 Å². The summed E-state index contributed by atoms with van der Waals surface area (Å²) < 4.78 is 10.2. The van der Waals surface area contributed by atoms with Gasteiger partial charge in [0.25, 0.3) is 5.91 Å². The van der Waals surface area contributed by atoms with Gasteiger partial charge in [-0.1, -0.05) is 66.7 Å². The molecule has 4 aromatic carbocycles. The molecular weight excluding hydrogens is 557 g/mol. The van der Waals surface area contributed by atoms with E-state index in [2.05, 4.69) is 72.8 Å². The number of amides is 1. The molecule has 0 aromatic heterocycles. The van der Waals surface area contributed by atoms with Crippen molar-refractivity contribution < 1.29 is 23.9 Å². The molecule has 1 amide bonds. The molecule has 0 heterocycles. The number of benzene rings is 4. The fourth-order valence-electron chi connectivity index (χ4n) is 5.34. The van der Waals surface area contributed by atoms with Crippen LogP contribution in [0, 0.1) is 0 Å². The molecular formula is C36H39NO5P+. The first kappa shape index (κ1) is 31.7. The number of carbonyl (C=O) groups is 3. The van der Waals surface area contributed by atoms with Gasteiger partial charge in [-0.2, -0.15) is 0 Å². The number of likely N-dealkylation sites (N-methyl/N-ethyl adjacent to an activating group) is 1. The Labute approximate surface area is 255 Å². The summed E-state index contributed by atoms with van der Waals surface area (Å²) in [6, 6.07) is 38.7. The third-order valence-corrected chi connectivity index (χ3v) is 11.9. The normalized spacial score (nSPS) is 11.8. The molecule has 0 N–H and O–H groups in total. The molecule has 0 aliphatic carbocycles. The van der Waals surface area contributed by atoms with Gasteiger partial charge in [-0.15, -0.1) is 0 Å². The molecule has 0 aliphatic heterocycles. The molecule has 6 nitrogen and oxygen atoms in total. The number of nitrogens with zero attached hydrogens (tertiary/aromatic N) is 1. The summed E-state index contributed by atoms with van der Waals surface area (Å²) in [7, 11) is -0.525. The van der Waals surface area contributed by atoms with E-state index in [9.17, 15) is 14.4 Å². The third-order valence-electron chi connectivity index (χ3n) is 7.49. The number of ether oxygens (including phenoxy) is 2. The predicted molar refractivity (Wildman–Crippen MR) is 174 cm³/mol. The second-order valence-corrected chi connectivity index (χ2v) is 13.7. The number of hydrogen-bond donors (Lipinski definition) is 0. The van der Waals surface area contributed by atoms with Crippen LogP contribution in [0.15, 0.2) is 115 Å². The molecule has 0 radical (unpaired) electrons. The molecule has 1 atom stereocenters. The zero-order chi connectivity index (χ0) is 30.7. The van der Waals surface area contributed by atoms with Crippen molar-refractivity contribution in [2.75, 3.05) is 20.3 Å². The van der Waals surface area contributed by atoms with Crippen LogP contribution in [0.25, 0.3) is 0 Å². The van der Waals surface area contributed by atoms with E-state index >= 15 is 0 Å². The Bertz CT molecular complexity index is 1380. The Kier molecular flexibility index (Phi) is 11.2. The minimum atomic E-state index is -2.09. The van der Waals surface area contributed by atoms with Crippen LogP contribution in [0.5, 0.6) is 0 Å². The first-order valence-corrected chi connectivity index (χ1v) is 16.6. The molecule has 43 heavy (non-hydrogen) atoms. The minimum absolute atomic E-state index is 0.0120. The van der Waals surface area contributed by atoms with E-state index in [0.29, 0.717) is 5.56 Å². The van der Waals surface area contributed by atoms with Crippen LogP contribution in [0.1, 0.15) is 42.6 Å². The molecule has 1 unspecified atom stereocenters. The maximum absolute atomic E-state index is 13.5. The molecule has 7 heteroatoms. The van der Waals surface area contributed by atoms with Gasteiger partial charge in [-0.25, -0.2) is 4.79 Å². The van der Waals surface area contributed by atoms with Gasteiger partial charge < -0.3 is 14.4 Å². The van der Waals surface area contributed by atoms with Crippen molar-refractivity contribution >= 4 is 41.0 Å². The number of hydrogen-bond acceptors (Lipinski definition) is 5. The average Bonchev–Trinajstić information content (AvgIpc) is 3.05. The van der Waals surface area contributed by atoms with Crippen LogP contribution in [0.4, 0.5) is 0 Å². The van der Waals surface area contributed by atoms with Crippen molar-refractivity contribution in [2.24, 2.45) is 0 Å². The standard InChI is InChI=1S/C36H39NO5P/c1-4-41-34(38)26-25-33(36(40)42-5-2)37(3)35(39)29-23-21-28(22-24-29)27-43(30-15-9-6-10-16-30,31-17-11-7-12-18-31)32-19-13-8-14-20-32/h6-24,33H,4-5,25-27H2,1-3H3/q+1. The number of rotatable bonds is 13. The topological polar surface area (TPSA) is 72.9 Å². The summed E-state index contributed by atoms with van der Waals surface area (Å²) in [5.74, 6) is -1.27. The first-order chi connectivity index (χ1) is 20.9.